The third-order valence-corrected chi connectivity index (χ3v) is 3.36. The van der Waals surface area contributed by atoms with Gasteiger partial charge in [-0.1, -0.05) is 12.1 Å². The Labute approximate surface area is 118 Å². The molecule has 0 saturated carbocycles. The number of anilines is 3. The van der Waals surface area contributed by atoms with Crippen LogP contribution in [0.25, 0.3) is 0 Å². The Morgan fingerprint density at radius 1 is 1.30 bits per heavy atom. The first-order valence-electron chi connectivity index (χ1n) is 6.80. The Kier molecular flexibility index (Phi) is 3.41. The molecule has 1 aromatic heterocycles. The first-order valence-corrected chi connectivity index (χ1v) is 6.80. The second kappa shape index (κ2) is 5.36. The molecule has 0 saturated heterocycles. The molecule has 104 valence electrons. The number of fused-ring (bicyclic) bond motifs is 1. The van der Waals surface area contributed by atoms with E-state index in [4.69, 9.17) is 4.74 Å². The van der Waals surface area contributed by atoms with E-state index >= 15 is 0 Å². The summed E-state index contributed by atoms with van der Waals surface area (Å²) in [6.07, 6.45) is 2.82. The Morgan fingerprint density at radius 3 is 3.00 bits per heavy atom. The average molecular weight is 270 g/mol. The van der Waals surface area contributed by atoms with Gasteiger partial charge in [-0.2, -0.15) is 4.98 Å². The SMILES string of the molecule is CNc1ncc(C)c(N2CCCOc3ccccc32)n1. The number of nitrogens with zero attached hydrogens (tertiary/aromatic N) is 3. The van der Waals surface area contributed by atoms with Crippen molar-refractivity contribution in [2.24, 2.45) is 0 Å². The number of nitrogens with one attached hydrogen (secondary N) is 1. The van der Waals surface area contributed by atoms with Crippen LogP contribution < -0.4 is 15.0 Å². The summed E-state index contributed by atoms with van der Waals surface area (Å²) in [6.45, 7) is 3.65. The van der Waals surface area contributed by atoms with Crippen LogP contribution in [0.5, 0.6) is 5.75 Å². The lowest BCUT2D eigenvalue weighted by molar-refractivity contribution is 0.322. The number of benzene rings is 1. The number of para-hydroxylation sites is 2. The quantitative estimate of drug-likeness (QED) is 0.909. The van der Waals surface area contributed by atoms with E-state index in [1.165, 1.54) is 0 Å². The minimum atomic E-state index is 0.633. The van der Waals surface area contributed by atoms with E-state index in [0.717, 1.165) is 42.4 Å². The summed E-state index contributed by atoms with van der Waals surface area (Å²) in [5.74, 6) is 2.48. The molecule has 1 aromatic carbocycles. The predicted octanol–water partition coefficient (Wildman–Crippen LogP) is 2.75. The fourth-order valence-corrected chi connectivity index (χ4v) is 2.37. The summed E-state index contributed by atoms with van der Waals surface area (Å²) in [5, 5.41) is 2.99. The number of ether oxygens (including phenoxy) is 1. The Hall–Kier alpha value is -2.30. The molecule has 1 aliphatic rings. The zero-order valence-corrected chi connectivity index (χ0v) is 11.8. The molecule has 0 atom stereocenters. The van der Waals surface area contributed by atoms with Gasteiger partial charge in [-0.25, -0.2) is 4.98 Å². The molecule has 1 N–H and O–H groups in total. The molecule has 0 bridgehead atoms. The lowest BCUT2D eigenvalue weighted by Crippen LogP contribution is -2.20. The molecule has 5 nitrogen and oxygen atoms in total. The molecule has 0 spiro atoms. The molecular formula is C15H18N4O. The fourth-order valence-electron chi connectivity index (χ4n) is 2.37. The molecule has 0 amide bonds. The van der Waals surface area contributed by atoms with Crippen molar-refractivity contribution in [1.29, 1.82) is 0 Å². The van der Waals surface area contributed by atoms with Crippen molar-refractivity contribution >= 4 is 17.5 Å². The van der Waals surface area contributed by atoms with Crippen LogP contribution in [0.2, 0.25) is 0 Å². The summed E-state index contributed by atoms with van der Waals surface area (Å²) >= 11 is 0. The van der Waals surface area contributed by atoms with Gasteiger partial charge in [0.25, 0.3) is 0 Å². The van der Waals surface area contributed by atoms with Crippen molar-refractivity contribution < 1.29 is 4.74 Å². The molecule has 1 aliphatic heterocycles. The maximum atomic E-state index is 5.80. The standard InChI is InChI=1S/C15H18N4O/c1-11-10-17-15(16-2)18-14(11)19-8-5-9-20-13-7-4-3-6-12(13)19/h3-4,6-7,10H,5,8-9H2,1-2H3,(H,16,17,18). The van der Waals surface area contributed by atoms with E-state index < -0.39 is 0 Å². The van der Waals surface area contributed by atoms with Gasteiger partial charge in [0, 0.05) is 25.4 Å². The summed E-state index contributed by atoms with van der Waals surface area (Å²) < 4.78 is 5.80. The van der Waals surface area contributed by atoms with E-state index in [1.54, 1.807) is 0 Å². The monoisotopic (exact) mass is 270 g/mol. The Morgan fingerprint density at radius 2 is 2.15 bits per heavy atom. The number of aromatic nitrogens is 2. The van der Waals surface area contributed by atoms with E-state index in [2.05, 4.69) is 26.3 Å². The highest BCUT2D eigenvalue weighted by molar-refractivity contribution is 5.69. The van der Waals surface area contributed by atoms with Crippen LogP contribution >= 0.6 is 0 Å². The zero-order chi connectivity index (χ0) is 13.9. The summed E-state index contributed by atoms with van der Waals surface area (Å²) in [7, 11) is 1.83. The molecule has 2 aromatic rings. The molecule has 0 aliphatic carbocycles. The molecule has 0 radical (unpaired) electrons. The lowest BCUT2D eigenvalue weighted by Gasteiger charge is -2.24. The highest BCUT2D eigenvalue weighted by atomic mass is 16.5. The van der Waals surface area contributed by atoms with Crippen LogP contribution in [0, 0.1) is 6.92 Å². The number of aryl methyl sites for hydroxylation is 1. The Balaban J connectivity index is 2.09. The second-order valence-electron chi connectivity index (χ2n) is 4.77. The van der Waals surface area contributed by atoms with Crippen molar-refractivity contribution in [2.45, 2.75) is 13.3 Å². The second-order valence-corrected chi connectivity index (χ2v) is 4.77. The summed E-state index contributed by atoms with van der Waals surface area (Å²) in [5.41, 5.74) is 2.12. The van der Waals surface area contributed by atoms with E-state index in [-0.39, 0.29) is 0 Å². The minimum absolute atomic E-state index is 0.633. The van der Waals surface area contributed by atoms with Crippen LogP contribution in [0.15, 0.2) is 30.5 Å². The first kappa shape index (κ1) is 12.7. The first-order chi connectivity index (χ1) is 9.79. The predicted molar refractivity (Wildman–Crippen MR) is 79.9 cm³/mol. The van der Waals surface area contributed by atoms with Crippen molar-refractivity contribution in [3.63, 3.8) is 0 Å². The normalized spacial score (nSPS) is 14.2. The van der Waals surface area contributed by atoms with Crippen LogP contribution in [0.1, 0.15) is 12.0 Å². The molecule has 0 unspecified atom stereocenters. The minimum Gasteiger partial charge on any atom is -0.491 e. The maximum absolute atomic E-state index is 5.80. The van der Waals surface area contributed by atoms with Crippen molar-refractivity contribution in [1.82, 2.24) is 9.97 Å². The van der Waals surface area contributed by atoms with Gasteiger partial charge >= 0.3 is 0 Å². The molecule has 0 fully saturated rings. The van der Waals surface area contributed by atoms with Crippen LogP contribution in [0.3, 0.4) is 0 Å². The molecule has 5 heteroatoms. The third kappa shape index (κ3) is 2.27. The van der Waals surface area contributed by atoms with Gasteiger partial charge in [0.15, 0.2) is 0 Å². The number of hydrogen-bond acceptors (Lipinski definition) is 5. The van der Waals surface area contributed by atoms with Gasteiger partial charge in [0.1, 0.15) is 11.6 Å². The zero-order valence-electron chi connectivity index (χ0n) is 11.8. The third-order valence-electron chi connectivity index (χ3n) is 3.36. The van der Waals surface area contributed by atoms with Gasteiger partial charge in [0.05, 0.1) is 12.3 Å². The smallest absolute Gasteiger partial charge is 0.224 e. The van der Waals surface area contributed by atoms with Gasteiger partial charge in [-0.15, -0.1) is 0 Å². The van der Waals surface area contributed by atoms with Crippen LogP contribution in [-0.4, -0.2) is 30.2 Å². The summed E-state index contributed by atoms with van der Waals surface area (Å²) in [6, 6.07) is 8.09. The molecule has 3 rings (SSSR count). The van der Waals surface area contributed by atoms with Gasteiger partial charge in [0.2, 0.25) is 5.95 Å². The number of hydrogen-bond donors (Lipinski definition) is 1. The van der Waals surface area contributed by atoms with Crippen molar-refractivity contribution in [3.05, 3.63) is 36.0 Å². The van der Waals surface area contributed by atoms with Gasteiger partial charge in [-0.05, 0) is 25.5 Å². The Bertz CT molecular complexity index is 615. The topological polar surface area (TPSA) is 50.3 Å². The van der Waals surface area contributed by atoms with E-state index in [1.807, 2.05) is 38.4 Å². The van der Waals surface area contributed by atoms with Crippen LogP contribution in [0.4, 0.5) is 17.5 Å². The largest absolute Gasteiger partial charge is 0.491 e. The molecular weight excluding hydrogens is 252 g/mol. The van der Waals surface area contributed by atoms with E-state index in [0.29, 0.717) is 5.95 Å². The van der Waals surface area contributed by atoms with Gasteiger partial charge < -0.3 is 15.0 Å². The van der Waals surface area contributed by atoms with Crippen molar-refractivity contribution in [3.8, 4) is 5.75 Å². The number of rotatable bonds is 2. The summed E-state index contributed by atoms with van der Waals surface area (Å²) in [4.78, 5) is 11.1. The van der Waals surface area contributed by atoms with Gasteiger partial charge in [-0.3, -0.25) is 0 Å². The van der Waals surface area contributed by atoms with E-state index in [9.17, 15) is 0 Å². The average Bonchev–Trinajstić information content (AvgIpc) is 2.70. The molecule has 20 heavy (non-hydrogen) atoms. The van der Waals surface area contributed by atoms with Crippen molar-refractivity contribution in [2.75, 3.05) is 30.4 Å². The lowest BCUT2D eigenvalue weighted by atomic mass is 10.2. The maximum Gasteiger partial charge on any atom is 0.224 e. The highest BCUT2D eigenvalue weighted by Crippen LogP contribution is 2.36. The molecule has 2 heterocycles. The highest BCUT2D eigenvalue weighted by Gasteiger charge is 2.20. The fraction of sp³-hybridized carbons (Fsp3) is 0.333. The van der Waals surface area contributed by atoms with Crippen LogP contribution in [-0.2, 0) is 0 Å².